The monoisotopic (exact) mass is 658 g/mol. The molecule has 2 aromatic heterocycles. The van der Waals surface area contributed by atoms with Gasteiger partial charge in [0.25, 0.3) is 0 Å². The Morgan fingerprint density at radius 1 is 0.674 bits per heavy atom. The summed E-state index contributed by atoms with van der Waals surface area (Å²) < 4.78 is 5.26. The van der Waals surface area contributed by atoms with Crippen molar-refractivity contribution in [1.82, 2.24) is 19.9 Å². The van der Waals surface area contributed by atoms with Crippen LogP contribution in [0.1, 0.15) is 20.7 Å². The first-order valence-electron chi connectivity index (χ1n) is 12.1. The Hall–Kier alpha value is -4.48. The van der Waals surface area contributed by atoms with E-state index < -0.39 is 11.9 Å². The molecular weight excluding hydrogens is 642 g/mol. The number of benzene rings is 4. The van der Waals surface area contributed by atoms with Gasteiger partial charge in [-0.15, -0.1) is 0 Å². The summed E-state index contributed by atoms with van der Waals surface area (Å²) in [5.74, 6) is -0.949. The van der Waals surface area contributed by atoms with Gasteiger partial charge in [0.15, 0.2) is 0 Å². The number of imidazole rings is 2. The van der Waals surface area contributed by atoms with E-state index in [9.17, 15) is 14.7 Å². The van der Waals surface area contributed by atoms with Crippen LogP contribution < -0.4 is 4.74 Å². The minimum Gasteiger partial charge on any atom is -0.507 e. The van der Waals surface area contributed by atoms with Crippen LogP contribution in [0.4, 0.5) is 0 Å². The Bertz CT molecular complexity index is 1980. The van der Waals surface area contributed by atoms with Crippen molar-refractivity contribution in [3.8, 4) is 34.3 Å². The highest BCUT2D eigenvalue weighted by atomic mass is 35.5. The second-order valence-electron chi connectivity index (χ2n) is 9.00. The van der Waals surface area contributed by atoms with Gasteiger partial charge in [-0.3, -0.25) is 0 Å². The molecule has 0 aliphatic carbocycles. The third-order valence-electron chi connectivity index (χ3n) is 6.25. The summed E-state index contributed by atoms with van der Waals surface area (Å²) in [6, 6.07) is 15.2. The second-order valence-corrected chi connectivity index (χ2v) is 10.6. The number of ether oxygens (including phenoxy) is 1. The lowest BCUT2D eigenvalue weighted by molar-refractivity contribution is 0.0686. The van der Waals surface area contributed by atoms with Crippen molar-refractivity contribution in [2.45, 2.75) is 0 Å². The highest BCUT2D eigenvalue weighted by molar-refractivity contribution is 6.43. The molecule has 43 heavy (non-hydrogen) atoms. The van der Waals surface area contributed by atoms with E-state index in [2.05, 4.69) is 19.9 Å². The maximum Gasteiger partial charge on any atom is 0.335 e. The average molecular weight is 660 g/mol. The molecule has 0 unspecified atom stereocenters. The first kappa shape index (κ1) is 30.0. The Kier molecular flexibility index (Phi) is 8.38. The van der Waals surface area contributed by atoms with Crippen LogP contribution in [0, 0.1) is 0 Å². The average Bonchev–Trinajstić information content (AvgIpc) is 3.56. The number of aromatic hydroxyl groups is 1. The Labute approximate surface area is 262 Å². The fourth-order valence-electron chi connectivity index (χ4n) is 4.15. The number of phenols is 1. The van der Waals surface area contributed by atoms with E-state index in [-0.39, 0.29) is 16.9 Å². The molecule has 10 nitrogen and oxygen atoms in total. The number of methoxy groups -OCH3 is 1. The number of halogens is 4. The van der Waals surface area contributed by atoms with Gasteiger partial charge < -0.3 is 30.0 Å². The van der Waals surface area contributed by atoms with Gasteiger partial charge in [-0.25, -0.2) is 19.6 Å². The van der Waals surface area contributed by atoms with Crippen LogP contribution in [0.5, 0.6) is 11.5 Å². The number of carbonyl (C=O) groups is 2. The number of fused-ring (bicyclic) bond motifs is 2. The standard InChI is InChI=1S/C15H10Cl2N2O3.C14H8Cl2N2O3/c1-22-13-4-7(15(20)21)2-3-8(13)14-18-11-5-9(16)10(17)6-12(11)19-14;15-8-4-10-11(5-9(8)16)18-13(17-10)7-2-1-6(14(20)21)3-12(7)19/h2-6H,1H3,(H,18,19)(H,20,21);1-5,19H,(H,17,18)(H,20,21). The van der Waals surface area contributed by atoms with Crippen molar-refractivity contribution in [3.05, 3.63) is 91.9 Å². The van der Waals surface area contributed by atoms with Gasteiger partial charge >= 0.3 is 11.9 Å². The van der Waals surface area contributed by atoms with Crippen molar-refractivity contribution < 1.29 is 29.6 Å². The lowest BCUT2D eigenvalue weighted by Crippen LogP contribution is -1.98. The van der Waals surface area contributed by atoms with Gasteiger partial charge in [0.05, 0.1) is 71.5 Å². The lowest BCUT2D eigenvalue weighted by atomic mass is 10.1. The number of hydrogen-bond donors (Lipinski definition) is 5. The maximum absolute atomic E-state index is 11.0. The van der Waals surface area contributed by atoms with Gasteiger partial charge in [0.1, 0.15) is 23.1 Å². The van der Waals surface area contributed by atoms with Gasteiger partial charge in [0, 0.05) is 0 Å². The third kappa shape index (κ3) is 6.18. The van der Waals surface area contributed by atoms with E-state index in [1.165, 1.54) is 37.4 Å². The SMILES string of the molecule is COc1cc(C(=O)O)ccc1-c1nc2cc(Cl)c(Cl)cc2[nH]1.O=C(O)c1ccc(-c2nc3cc(Cl)c(Cl)cc3[nH]2)c(O)c1. The molecule has 2 heterocycles. The molecule has 5 N–H and O–H groups in total. The number of H-pyrrole nitrogens is 2. The molecule has 0 fully saturated rings. The Morgan fingerprint density at radius 3 is 1.58 bits per heavy atom. The molecule has 0 bridgehead atoms. The summed E-state index contributed by atoms with van der Waals surface area (Å²) in [7, 11) is 1.47. The Morgan fingerprint density at radius 2 is 1.12 bits per heavy atom. The van der Waals surface area contributed by atoms with Crippen LogP contribution in [0.15, 0.2) is 60.7 Å². The number of nitrogens with zero attached hydrogens (tertiary/aromatic N) is 2. The van der Waals surface area contributed by atoms with Crippen LogP contribution >= 0.6 is 46.4 Å². The molecule has 6 aromatic rings. The van der Waals surface area contributed by atoms with Crippen LogP contribution in [-0.4, -0.2) is 54.3 Å². The second kappa shape index (κ2) is 12.0. The number of rotatable bonds is 5. The summed E-state index contributed by atoms with van der Waals surface area (Å²) in [4.78, 5) is 36.8. The molecule has 0 saturated heterocycles. The first-order valence-corrected chi connectivity index (χ1v) is 13.6. The molecule has 6 rings (SSSR count). The summed E-state index contributed by atoms with van der Waals surface area (Å²) in [5, 5.41) is 29.5. The van der Waals surface area contributed by atoms with Gasteiger partial charge in [-0.1, -0.05) is 46.4 Å². The first-order chi connectivity index (χ1) is 20.4. The topological polar surface area (TPSA) is 161 Å². The molecule has 0 atom stereocenters. The number of aromatic amines is 2. The molecule has 0 radical (unpaired) electrons. The number of aromatic carboxylic acids is 2. The predicted octanol–water partition coefficient (Wildman–Crippen LogP) is 8.18. The van der Waals surface area contributed by atoms with Crippen LogP contribution in [0.2, 0.25) is 20.1 Å². The van der Waals surface area contributed by atoms with Crippen molar-refractivity contribution in [3.63, 3.8) is 0 Å². The third-order valence-corrected chi connectivity index (χ3v) is 7.70. The van der Waals surface area contributed by atoms with Crippen molar-refractivity contribution in [2.75, 3.05) is 7.11 Å². The van der Waals surface area contributed by atoms with Gasteiger partial charge in [-0.05, 0) is 60.7 Å². The molecule has 0 aliphatic heterocycles. The van der Waals surface area contributed by atoms with Crippen molar-refractivity contribution >= 4 is 80.4 Å². The summed E-state index contributed by atoms with van der Waals surface area (Å²) in [6.07, 6.45) is 0. The molecule has 0 saturated carbocycles. The highest BCUT2D eigenvalue weighted by Crippen LogP contribution is 2.34. The van der Waals surface area contributed by atoms with Crippen molar-refractivity contribution in [2.24, 2.45) is 0 Å². The van der Waals surface area contributed by atoms with Crippen LogP contribution in [-0.2, 0) is 0 Å². The highest BCUT2D eigenvalue weighted by Gasteiger charge is 2.16. The number of nitrogens with one attached hydrogen (secondary N) is 2. The van der Waals surface area contributed by atoms with Crippen molar-refractivity contribution in [1.29, 1.82) is 0 Å². The minimum absolute atomic E-state index is 0.00144. The zero-order chi connectivity index (χ0) is 31.0. The van der Waals surface area contributed by atoms with Crippen LogP contribution in [0.3, 0.4) is 0 Å². The van der Waals surface area contributed by atoms with E-state index >= 15 is 0 Å². The summed E-state index contributed by atoms with van der Waals surface area (Å²) in [5.41, 5.74) is 3.84. The summed E-state index contributed by atoms with van der Waals surface area (Å²) >= 11 is 23.8. The number of carboxylic acid groups (broad SMARTS) is 2. The van der Waals surface area contributed by atoms with Gasteiger partial charge in [0.2, 0.25) is 0 Å². The zero-order valence-electron chi connectivity index (χ0n) is 21.7. The maximum atomic E-state index is 11.0. The molecule has 0 spiro atoms. The minimum atomic E-state index is -1.11. The number of carboxylic acids is 2. The van der Waals surface area contributed by atoms with E-state index in [1.807, 2.05) is 0 Å². The molecule has 0 aliphatic rings. The van der Waals surface area contributed by atoms with Gasteiger partial charge in [-0.2, -0.15) is 0 Å². The predicted molar refractivity (Wildman–Crippen MR) is 165 cm³/mol. The largest absolute Gasteiger partial charge is 0.507 e. The lowest BCUT2D eigenvalue weighted by Gasteiger charge is -2.07. The molecular formula is C29H18Cl4N4O6. The van der Waals surface area contributed by atoms with E-state index in [0.717, 1.165) is 5.52 Å². The quantitative estimate of drug-likeness (QED) is 0.124. The number of aromatic nitrogens is 4. The number of hydrogen-bond acceptors (Lipinski definition) is 6. The zero-order valence-corrected chi connectivity index (χ0v) is 24.8. The number of phenolic OH excluding ortho intramolecular Hbond substituents is 1. The normalized spacial score (nSPS) is 10.9. The molecule has 14 heteroatoms. The molecule has 0 amide bonds. The fraction of sp³-hybridized carbons (Fsp3) is 0.0345. The fourth-order valence-corrected chi connectivity index (χ4v) is 4.79. The molecule has 218 valence electrons. The van der Waals surface area contributed by atoms with Crippen LogP contribution in [0.25, 0.3) is 44.8 Å². The smallest absolute Gasteiger partial charge is 0.335 e. The Balaban J connectivity index is 0.000000171. The summed E-state index contributed by atoms with van der Waals surface area (Å²) in [6.45, 7) is 0. The van der Waals surface area contributed by atoms with E-state index in [1.54, 1.807) is 30.3 Å². The molecule has 4 aromatic carbocycles. The van der Waals surface area contributed by atoms with E-state index in [0.29, 0.717) is 65.2 Å². The van der Waals surface area contributed by atoms with E-state index in [4.69, 9.17) is 61.4 Å².